The summed E-state index contributed by atoms with van der Waals surface area (Å²) in [6.45, 7) is 4.69. The number of hydrogen-bond acceptors (Lipinski definition) is 3. The van der Waals surface area contributed by atoms with E-state index in [1.54, 1.807) is 23.1 Å². The van der Waals surface area contributed by atoms with E-state index in [2.05, 4.69) is 12.1 Å². The molecule has 1 amide bonds. The van der Waals surface area contributed by atoms with Crippen LogP contribution in [0.5, 0.6) is 0 Å². The summed E-state index contributed by atoms with van der Waals surface area (Å²) in [6, 6.07) is 15.3. The van der Waals surface area contributed by atoms with Crippen LogP contribution in [-0.2, 0) is 21.2 Å². The van der Waals surface area contributed by atoms with E-state index in [1.807, 2.05) is 38.1 Å². The monoisotopic (exact) mass is 410 g/mol. The second kappa shape index (κ2) is 7.76. The minimum absolute atomic E-state index is 0.0572. The van der Waals surface area contributed by atoms with Gasteiger partial charge in [-0.05, 0) is 54.7 Å². The lowest BCUT2D eigenvalue weighted by Crippen LogP contribution is -2.35. The van der Waals surface area contributed by atoms with Gasteiger partial charge in [-0.15, -0.1) is 0 Å². The third-order valence-corrected chi connectivity index (χ3v) is 7.65. The van der Waals surface area contributed by atoms with Crippen LogP contribution < -0.4 is 4.90 Å². The van der Waals surface area contributed by atoms with Crippen molar-refractivity contribution in [3.8, 4) is 0 Å². The molecule has 1 atom stereocenters. The maximum atomic E-state index is 13.2. The maximum Gasteiger partial charge on any atom is 0.243 e. The number of anilines is 1. The highest BCUT2D eigenvalue weighted by atomic mass is 32.2. The topological polar surface area (TPSA) is 57.7 Å². The van der Waals surface area contributed by atoms with Gasteiger partial charge in [0, 0.05) is 31.2 Å². The molecule has 0 spiro atoms. The molecule has 0 aliphatic carbocycles. The molecular formula is C23H26N2O3S. The van der Waals surface area contributed by atoms with E-state index in [9.17, 15) is 13.2 Å². The summed E-state index contributed by atoms with van der Waals surface area (Å²) < 4.78 is 27.9. The Morgan fingerprint density at radius 2 is 1.90 bits per heavy atom. The molecule has 2 aromatic rings. The number of sulfonamides is 1. The maximum absolute atomic E-state index is 13.2. The molecular weight excluding hydrogens is 384 g/mol. The SMILES string of the molecule is CCC(=O)N1c2ccc(S(=O)(=O)N3CC=C(c4ccccc4)CC3)cc2C[C@@H]1C. The highest BCUT2D eigenvalue weighted by Gasteiger charge is 2.33. The van der Waals surface area contributed by atoms with Crippen molar-refractivity contribution in [3.63, 3.8) is 0 Å². The normalized spacial score (nSPS) is 19.7. The molecule has 2 aliphatic rings. The number of fused-ring (bicyclic) bond motifs is 1. The zero-order chi connectivity index (χ0) is 20.6. The molecule has 2 heterocycles. The lowest BCUT2D eigenvalue weighted by atomic mass is 10.0. The molecule has 0 radical (unpaired) electrons. The Hall–Kier alpha value is -2.44. The van der Waals surface area contributed by atoms with Crippen LogP contribution in [0.3, 0.4) is 0 Å². The van der Waals surface area contributed by atoms with E-state index in [1.165, 1.54) is 9.88 Å². The van der Waals surface area contributed by atoms with Crippen LogP contribution in [0.1, 0.15) is 37.8 Å². The average Bonchev–Trinajstić information content (AvgIpc) is 3.08. The number of amides is 1. The Morgan fingerprint density at radius 1 is 1.14 bits per heavy atom. The second-order valence-electron chi connectivity index (χ2n) is 7.67. The first-order valence-corrected chi connectivity index (χ1v) is 11.6. The summed E-state index contributed by atoms with van der Waals surface area (Å²) in [5, 5.41) is 0. The van der Waals surface area contributed by atoms with E-state index in [4.69, 9.17) is 0 Å². The predicted molar refractivity (Wildman–Crippen MR) is 115 cm³/mol. The minimum atomic E-state index is -3.56. The Morgan fingerprint density at radius 3 is 2.55 bits per heavy atom. The highest BCUT2D eigenvalue weighted by molar-refractivity contribution is 7.89. The molecule has 0 N–H and O–H groups in total. The predicted octanol–water partition coefficient (Wildman–Crippen LogP) is 3.85. The van der Waals surface area contributed by atoms with Crippen molar-refractivity contribution in [2.75, 3.05) is 18.0 Å². The molecule has 0 bridgehead atoms. The van der Waals surface area contributed by atoms with E-state index >= 15 is 0 Å². The van der Waals surface area contributed by atoms with Crippen LogP contribution >= 0.6 is 0 Å². The van der Waals surface area contributed by atoms with Gasteiger partial charge in [-0.2, -0.15) is 4.31 Å². The van der Waals surface area contributed by atoms with Crippen molar-refractivity contribution < 1.29 is 13.2 Å². The number of carbonyl (C=O) groups is 1. The van der Waals surface area contributed by atoms with Crippen LogP contribution in [0, 0.1) is 0 Å². The van der Waals surface area contributed by atoms with E-state index in [0.717, 1.165) is 16.8 Å². The van der Waals surface area contributed by atoms with Crippen molar-refractivity contribution >= 4 is 27.2 Å². The van der Waals surface area contributed by atoms with Crippen LogP contribution in [0.4, 0.5) is 5.69 Å². The van der Waals surface area contributed by atoms with Gasteiger partial charge in [0.2, 0.25) is 15.9 Å². The van der Waals surface area contributed by atoms with Gasteiger partial charge in [0.25, 0.3) is 0 Å². The van der Waals surface area contributed by atoms with Gasteiger partial charge < -0.3 is 4.90 Å². The summed E-state index contributed by atoms with van der Waals surface area (Å²) in [7, 11) is -3.56. The first-order valence-electron chi connectivity index (χ1n) is 10.1. The van der Waals surface area contributed by atoms with Gasteiger partial charge in [-0.3, -0.25) is 4.79 Å². The lowest BCUT2D eigenvalue weighted by Gasteiger charge is -2.26. The summed E-state index contributed by atoms with van der Waals surface area (Å²) in [6.07, 6.45) is 3.83. The van der Waals surface area contributed by atoms with Crippen molar-refractivity contribution in [2.45, 2.75) is 44.0 Å². The average molecular weight is 411 g/mol. The fraction of sp³-hybridized carbons (Fsp3) is 0.348. The highest BCUT2D eigenvalue weighted by Crippen LogP contribution is 2.35. The first kappa shape index (κ1) is 19.9. The molecule has 152 valence electrons. The third-order valence-electron chi connectivity index (χ3n) is 5.79. The Balaban J connectivity index is 1.57. The van der Waals surface area contributed by atoms with Gasteiger partial charge in [0.15, 0.2) is 0 Å². The standard InChI is InChI=1S/C23H26N2O3S/c1-3-23(26)25-17(2)15-20-16-21(9-10-22(20)25)29(27,28)24-13-11-19(12-14-24)18-7-5-4-6-8-18/h4-11,16-17H,3,12-15H2,1-2H3/t17-/m0/s1. The molecule has 0 aromatic heterocycles. The summed E-state index contributed by atoms with van der Waals surface area (Å²) in [5.74, 6) is 0.0708. The van der Waals surface area contributed by atoms with Crippen molar-refractivity contribution in [3.05, 3.63) is 65.7 Å². The van der Waals surface area contributed by atoms with Crippen molar-refractivity contribution in [1.82, 2.24) is 4.31 Å². The number of hydrogen-bond donors (Lipinski definition) is 0. The van der Waals surface area contributed by atoms with Crippen LogP contribution in [0.2, 0.25) is 0 Å². The molecule has 0 fully saturated rings. The quantitative estimate of drug-likeness (QED) is 0.769. The molecule has 0 saturated heterocycles. The molecule has 0 unspecified atom stereocenters. The third kappa shape index (κ3) is 3.63. The molecule has 29 heavy (non-hydrogen) atoms. The molecule has 2 aromatic carbocycles. The van der Waals surface area contributed by atoms with Gasteiger partial charge in [0.1, 0.15) is 0 Å². The smallest absolute Gasteiger partial charge is 0.243 e. The zero-order valence-corrected chi connectivity index (χ0v) is 17.7. The van der Waals surface area contributed by atoms with E-state index < -0.39 is 10.0 Å². The van der Waals surface area contributed by atoms with E-state index in [0.29, 0.717) is 37.2 Å². The van der Waals surface area contributed by atoms with Crippen LogP contribution in [0.15, 0.2) is 59.5 Å². The summed E-state index contributed by atoms with van der Waals surface area (Å²) in [5.41, 5.74) is 4.11. The lowest BCUT2D eigenvalue weighted by molar-refractivity contribution is -0.118. The fourth-order valence-corrected chi connectivity index (χ4v) is 5.68. The molecule has 2 aliphatic heterocycles. The van der Waals surface area contributed by atoms with E-state index in [-0.39, 0.29) is 11.9 Å². The van der Waals surface area contributed by atoms with Gasteiger partial charge in [0.05, 0.1) is 4.90 Å². The van der Waals surface area contributed by atoms with Gasteiger partial charge in [-0.25, -0.2) is 8.42 Å². The summed E-state index contributed by atoms with van der Waals surface area (Å²) >= 11 is 0. The number of carbonyl (C=O) groups excluding carboxylic acids is 1. The van der Waals surface area contributed by atoms with Gasteiger partial charge in [-0.1, -0.05) is 43.3 Å². The number of rotatable bonds is 4. The molecule has 0 saturated carbocycles. The molecule has 5 nitrogen and oxygen atoms in total. The second-order valence-corrected chi connectivity index (χ2v) is 9.61. The van der Waals surface area contributed by atoms with Crippen LogP contribution in [-0.4, -0.2) is 37.8 Å². The minimum Gasteiger partial charge on any atom is -0.309 e. The fourth-order valence-electron chi connectivity index (χ4n) is 4.25. The van der Waals surface area contributed by atoms with Crippen molar-refractivity contribution in [2.24, 2.45) is 0 Å². The van der Waals surface area contributed by atoms with Gasteiger partial charge >= 0.3 is 0 Å². The number of benzene rings is 2. The Bertz CT molecular complexity index is 1060. The first-order chi connectivity index (χ1) is 13.9. The number of nitrogens with zero attached hydrogens (tertiary/aromatic N) is 2. The Kier molecular flexibility index (Phi) is 5.32. The molecule has 6 heteroatoms. The van der Waals surface area contributed by atoms with Crippen LogP contribution in [0.25, 0.3) is 5.57 Å². The zero-order valence-electron chi connectivity index (χ0n) is 16.8. The largest absolute Gasteiger partial charge is 0.309 e. The molecule has 4 rings (SSSR count). The Labute approximate surface area is 172 Å². The van der Waals surface area contributed by atoms with Crippen molar-refractivity contribution in [1.29, 1.82) is 0 Å². The summed E-state index contributed by atoms with van der Waals surface area (Å²) in [4.78, 5) is 14.4.